The van der Waals surface area contributed by atoms with Crippen LogP contribution in [-0.4, -0.2) is 16.1 Å². The molecule has 0 unspecified atom stereocenters. The van der Waals surface area contributed by atoms with Crippen LogP contribution in [0.3, 0.4) is 0 Å². The van der Waals surface area contributed by atoms with E-state index >= 15 is 0 Å². The molecule has 3 rings (SSSR count). The Morgan fingerprint density at radius 2 is 2.15 bits per heavy atom. The number of rotatable bonds is 3. The number of carbonyl (C=O) groups excluding carboxylic acids is 1. The van der Waals surface area contributed by atoms with Gasteiger partial charge in [0.05, 0.1) is 16.9 Å². The lowest BCUT2D eigenvalue weighted by atomic mass is 10.1. The first-order chi connectivity index (χ1) is 9.69. The Kier molecular flexibility index (Phi) is 3.16. The molecule has 0 fully saturated rings. The van der Waals surface area contributed by atoms with Crippen LogP contribution < -0.4 is 0 Å². The Morgan fingerprint density at radius 1 is 1.30 bits per heavy atom. The zero-order valence-corrected chi connectivity index (χ0v) is 11.5. The van der Waals surface area contributed by atoms with Crippen molar-refractivity contribution in [3.8, 4) is 17.0 Å². The molecule has 0 aliphatic carbocycles. The SMILES string of the molecule is Cc1cnn(-c2c(Cl)cccc2-c2ccc(C=O)o2)c1. The van der Waals surface area contributed by atoms with Crippen molar-refractivity contribution < 1.29 is 9.21 Å². The van der Waals surface area contributed by atoms with Crippen molar-refractivity contribution in [2.75, 3.05) is 0 Å². The molecule has 0 radical (unpaired) electrons. The smallest absolute Gasteiger partial charge is 0.185 e. The third-order valence-electron chi connectivity index (χ3n) is 2.94. The molecule has 0 saturated carbocycles. The molecular formula is C15H11ClN2O2. The monoisotopic (exact) mass is 286 g/mol. The molecule has 0 spiro atoms. The van der Waals surface area contributed by atoms with Crippen LogP contribution in [0.4, 0.5) is 0 Å². The molecule has 20 heavy (non-hydrogen) atoms. The lowest BCUT2D eigenvalue weighted by Gasteiger charge is -2.09. The number of aromatic nitrogens is 2. The minimum Gasteiger partial charge on any atom is -0.453 e. The molecule has 0 N–H and O–H groups in total. The number of carbonyl (C=O) groups is 1. The molecule has 0 bridgehead atoms. The third kappa shape index (κ3) is 2.14. The Morgan fingerprint density at radius 3 is 2.80 bits per heavy atom. The number of furan rings is 1. The molecule has 4 nitrogen and oxygen atoms in total. The Balaban J connectivity index is 2.21. The number of benzene rings is 1. The second kappa shape index (κ2) is 4.98. The molecule has 0 atom stereocenters. The van der Waals surface area contributed by atoms with E-state index in [4.69, 9.17) is 16.0 Å². The van der Waals surface area contributed by atoms with Crippen LogP contribution in [0.25, 0.3) is 17.0 Å². The summed E-state index contributed by atoms with van der Waals surface area (Å²) in [5, 5.41) is 4.85. The van der Waals surface area contributed by atoms with Gasteiger partial charge in [-0.05, 0) is 36.8 Å². The van der Waals surface area contributed by atoms with E-state index in [0.29, 0.717) is 17.1 Å². The summed E-state index contributed by atoms with van der Waals surface area (Å²) in [4.78, 5) is 10.7. The highest BCUT2D eigenvalue weighted by Crippen LogP contribution is 2.33. The fraction of sp³-hybridized carbons (Fsp3) is 0.0667. The van der Waals surface area contributed by atoms with Crippen molar-refractivity contribution in [1.82, 2.24) is 9.78 Å². The maximum Gasteiger partial charge on any atom is 0.185 e. The molecule has 3 aromatic rings. The maximum atomic E-state index is 10.7. The number of halogens is 1. The van der Waals surface area contributed by atoms with Gasteiger partial charge in [-0.1, -0.05) is 17.7 Å². The molecule has 100 valence electrons. The minimum absolute atomic E-state index is 0.280. The number of aryl methyl sites for hydroxylation is 1. The molecule has 0 aliphatic rings. The topological polar surface area (TPSA) is 48.0 Å². The standard InChI is InChI=1S/C15H11ClN2O2/c1-10-7-17-18(8-10)15-12(3-2-4-13(15)16)14-6-5-11(9-19)20-14/h2-9H,1H3. The highest BCUT2D eigenvalue weighted by molar-refractivity contribution is 6.33. The minimum atomic E-state index is 0.280. The van der Waals surface area contributed by atoms with Crippen LogP contribution in [0.15, 0.2) is 47.1 Å². The first-order valence-electron chi connectivity index (χ1n) is 6.04. The zero-order chi connectivity index (χ0) is 14.1. The van der Waals surface area contributed by atoms with Gasteiger partial charge in [0.15, 0.2) is 12.0 Å². The van der Waals surface area contributed by atoms with E-state index in [1.807, 2.05) is 25.3 Å². The van der Waals surface area contributed by atoms with E-state index in [0.717, 1.165) is 16.8 Å². The molecule has 0 amide bonds. The lowest BCUT2D eigenvalue weighted by molar-refractivity contribution is 0.110. The van der Waals surface area contributed by atoms with Crippen molar-refractivity contribution in [1.29, 1.82) is 0 Å². The van der Waals surface area contributed by atoms with Crippen LogP contribution in [0.5, 0.6) is 0 Å². The van der Waals surface area contributed by atoms with Gasteiger partial charge < -0.3 is 4.42 Å². The quantitative estimate of drug-likeness (QED) is 0.686. The van der Waals surface area contributed by atoms with E-state index in [9.17, 15) is 4.79 Å². The number of hydrogen-bond acceptors (Lipinski definition) is 3. The second-order valence-electron chi connectivity index (χ2n) is 4.42. The maximum absolute atomic E-state index is 10.7. The first kappa shape index (κ1) is 12.7. The van der Waals surface area contributed by atoms with Crippen LogP contribution in [0.1, 0.15) is 16.1 Å². The average Bonchev–Trinajstić information content (AvgIpc) is 3.07. The fourth-order valence-electron chi connectivity index (χ4n) is 2.04. The van der Waals surface area contributed by atoms with Crippen molar-refractivity contribution in [3.05, 3.63) is 59.1 Å². The largest absolute Gasteiger partial charge is 0.453 e. The van der Waals surface area contributed by atoms with Gasteiger partial charge in [0.25, 0.3) is 0 Å². The number of hydrogen-bond donors (Lipinski definition) is 0. The van der Waals surface area contributed by atoms with E-state index in [1.54, 1.807) is 29.1 Å². The summed E-state index contributed by atoms with van der Waals surface area (Å²) >= 11 is 6.29. The summed E-state index contributed by atoms with van der Waals surface area (Å²) in [6, 6.07) is 8.88. The Bertz CT molecular complexity index is 774. The summed E-state index contributed by atoms with van der Waals surface area (Å²) in [5.74, 6) is 0.861. The zero-order valence-electron chi connectivity index (χ0n) is 10.7. The van der Waals surface area contributed by atoms with Crippen LogP contribution in [-0.2, 0) is 0 Å². The summed E-state index contributed by atoms with van der Waals surface area (Å²) in [6.45, 7) is 1.96. The predicted octanol–water partition coefficient (Wildman–Crippen LogP) is 3.91. The highest BCUT2D eigenvalue weighted by atomic mass is 35.5. The molecule has 0 aliphatic heterocycles. The number of nitrogens with zero attached hydrogens (tertiary/aromatic N) is 2. The summed E-state index contributed by atoms with van der Waals surface area (Å²) in [5.41, 5.74) is 2.55. The van der Waals surface area contributed by atoms with E-state index in [2.05, 4.69) is 5.10 Å². The molecule has 5 heteroatoms. The third-order valence-corrected chi connectivity index (χ3v) is 3.24. The summed E-state index contributed by atoms with van der Waals surface area (Å²) in [7, 11) is 0. The number of aldehydes is 1. The lowest BCUT2D eigenvalue weighted by Crippen LogP contribution is -1.98. The van der Waals surface area contributed by atoms with Gasteiger partial charge in [-0.2, -0.15) is 5.10 Å². The Labute approximate surface area is 120 Å². The molecule has 2 heterocycles. The average molecular weight is 287 g/mol. The van der Waals surface area contributed by atoms with Gasteiger partial charge in [-0.25, -0.2) is 4.68 Å². The summed E-state index contributed by atoms with van der Waals surface area (Å²) < 4.78 is 7.18. The molecular weight excluding hydrogens is 276 g/mol. The fourth-order valence-corrected chi connectivity index (χ4v) is 2.30. The number of para-hydroxylation sites is 1. The van der Waals surface area contributed by atoms with Gasteiger partial charge in [0.1, 0.15) is 5.76 Å². The van der Waals surface area contributed by atoms with Gasteiger partial charge in [0, 0.05) is 11.8 Å². The van der Waals surface area contributed by atoms with Crippen LogP contribution >= 0.6 is 11.6 Å². The van der Waals surface area contributed by atoms with Gasteiger partial charge in [-0.15, -0.1) is 0 Å². The van der Waals surface area contributed by atoms with E-state index < -0.39 is 0 Å². The normalized spacial score (nSPS) is 10.7. The molecule has 2 aromatic heterocycles. The van der Waals surface area contributed by atoms with Crippen LogP contribution in [0, 0.1) is 6.92 Å². The second-order valence-corrected chi connectivity index (χ2v) is 4.83. The van der Waals surface area contributed by atoms with Crippen molar-refractivity contribution in [2.24, 2.45) is 0 Å². The predicted molar refractivity (Wildman–Crippen MR) is 76.4 cm³/mol. The first-order valence-corrected chi connectivity index (χ1v) is 6.42. The van der Waals surface area contributed by atoms with Gasteiger partial charge >= 0.3 is 0 Å². The van der Waals surface area contributed by atoms with Crippen molar-refractivity contribution in [3.63, 3.8) is 0 Å². The Hall–Kier alpha value is -2.33. The molecule has 1 aromatic carbocycles. The van der Waals surface area contributed by atoms with Gasteiger partial charge in [0.2, 0.25) is 0 Å². The van der Waals surface area contributed by atoms with E-state index in [-0.39, 0.29) is 5.76 Å². The van der Waals surface area contributed by atoms with Crippen molar-refractivity contribution in [2.45, 2.75) is 6.92 Å². The van der Waals surface area contributed by atoms with Crippen molar-refractivity contribution >= 4 is 17.9 Å². The van der Waals surface area contributed by atoms with E-state index in [1.165, 1.54) is 0 Å². The summed E-state index contributed by atoms with van der Waals surface area (Å²) in [6.07, 6.45) is 4.31. The molecule has 0 saturated heterocycles. The van der Waals surface area contributed by atoms with Crippen LogP contribution in [0.2, 0.25) is 5.02 Å². The van der Waals surface area contributed by atoms with Gasteiger partial charge in [-0.3, -0.25) is 4.79 Å². The highest BCUT2D eigenvalue weighted by Gasteiger charge is 2.14.